The van der Waals surface area contributed by atoms with E-state index in [0.717, 1.165) is 30.7 Å². The number of hydrogen-bond acceptors (Lipinski definition) is 8. The minimum Gasteiger partial charge on any atom is -0.465 e. The summed E-state index contributed by atoms with van der Waals surface area (Å²) in [6, 6.07) is 14.7. The molecule has 0 spiro atoms. The topological polar surface area (TPSA) is 147 Å². The van der Waals surface area contributed by atoms with Crippen molar-refractivity contribution in [1.82, 2.24) is 19.9 Å². The lowest BCUT2D eigenvalue weighted by atomic mass is 10.0. The fourth-order valence-electron chi connectivity index (χ4n) is 5.81. The summed E-state index contributed by atoms with van der Waals surface area (Å²) < 4.78 is 90.7. The smallest absolute Gasteiger partial charge is 0.416 e. The SMILES string of the molecule is Cc1ccc2c(NS(=O)(=O)Cc3ccccc3C(F)(F)F)c(F)ccc2c1Oc1ncccc1-c1ccnc(NC2CCCN(C(=O)O)C2)n1. The number of piperidine rings is 1. The molecule has 0 bridgehead atoms. The molecule has 1 aliphatic heterocycles. The number of ether oxygens (including phenoxy) is 1. The molecule has 1 saturated heterocycles. The summed E-state index contributed by atoms with van der Waals surface area (Å²) in [7, 11) is -4.53. The number of benzene rings is 3. The number of anilines is 2. The van der Waals surface area contributed by atoms with E-state index in [1.165, 1.54) is 35.5 Å². The third-order valence-electron chi connectivity index (χ3n) is 8.15. The minimum absolute atomic E-state index is 0.104. The average molecular weight is 711 g/mol. The number of sulfonamides is 1. The Balaban J connectivity index is 1.30. The predicted octanol–water partition coefficient (Wildman–Crippen LogP) is 7.45. The average Bonchev–Trinajstić information content (AvgIpc) is 3.07. The number of nitrogens with zero attached hydrogens (tertiary/aromatic N) is 4. The second kappa shape index (κ2) is 13.8. The Morgan fingerprint density at radius 3 is 2.58 bits per heavy atom. The number of fused-ring (bicyclic) bond motifs is 1. The van der Waals surface area contributed by atoms with Crippen LogP contribution in [0.4, 0.5) is 34.0 Å². The first-order valence-electron chi connectivity index (χ1n) is 15.4. The summed E-state index contributed by atoms with van der Waals surface area (Å²) in [6.07, 6.45) is -1.32. The van der Waals surface area contributed by atoms with Gasteiger partial charge >= 0.3 is 12.3 Å². The van der Waals surface area contributed by atoms with Crippen molar-refractivity contribution in [3.63, 3.8) is 0 Å². The lowest BCUT2D eigenvalue weighted by Gasteiger charge is -2.31. The maximum atomic E-state index is 15.3. The van der Waals surface area contributed by atoms with Gasteiger partial charge < -0.3 is 20.1 Å². The molecule has 0 saturated carbocycles. The number of aromatic nitrogens is 3. The molecule has 3 N–H and O–H groups in total. The zero-order valence-corrected chi connectivity index (χ0v) is 27.2. The predicted molar refractivity (Wildman–Crippen MR) is 178 cm³/mol. The van der Waals surface area contributed by atoms with E-state index in [1.807, 2.05) is 0 Å². The van der Waals surface area contributed by atoms with Crippen LogP contribution in [0, 0.1) is 12.7 Å². The number of nitrogens with one attached hydrogen (secondary N) is 2. The molecule has 3 heterocycles. The van der Waals surface area contributed by atoms with Crippen LogP contribution in [0.3, 0.4) is 0 Å². The van der Waals surface area contributed by atoms with Crippen LogP contribution in [0.2, 0.25) is 0 Å². The van der Waals surface area contributed by atoms with Crippen LogP contribution in [-0.4, -0.2) is 58.6 Å². The molecule has 16 heteroatoms. The Bertz CT molecular complexity index is 2180. The first kappa shape index (κ1) is 34.4. The Hall–Kier alpha value is -5.51. The van der Waals surface area contributed by atoms with Gasteiger partial charge in [-0.1, -0.05) is 30.3 Å². The van der Waals surface area contributed by atoms with Crippen LogP contribution in [0.5, 0.6) is 11.6 Å². The van der Waals surface area contributed by atoms with E-state index >= 15 is 4.39 Å². The van der Waals surface area contributed by atoms with Crippen molar-refractivity contribution < 1.29 is 40.6 Å². The number of pyridine rings is 1. The standard InChI is InChI=1S/C34H30F4N6O5S/c1-20-10-11-23-24(12-13-27(35)29(23)43-50(47,48)19-21-6-2-3-9-26(21)34(36,37)38)30(20)49-31-25(8-4-15-39-31)28-14-16-40-32(42-28)41-22-7-5-17-44(18-22)33(45)46/h2-4,6,8-16,22,43H,5,7,17-19H2,1H3,(H,45,46)(H,40,41,42). The van der Waals surface area contributed by atoms with Gasteiger partial charge in [-0.05, 0) is 67.3 Å². The number of rotatable bonds is 9. The van der Waals surface area contributed by atoms with Crippen LogP contribution < -0.4 is 14.8 Å². The number of aryl methyl sites for hydroxylation is 1. The van der Waals surface area contributed by atoms with E-state index in [0.29, 0.717) is 35.2 Å². The quantitative estimate of drug-likeness (QED) is 0.133. The number of alkyl halides is 3. The summed E-state index contributed by atoms with van der Waals surface area (Å²) in [6.45, 7) is 2.47. The van der Waals surface area contributed by atoms with Gasteiger partial charge in [0.25, 0.3) is 0 Å². The molecular formula is C34H30F4N6O5S. The molecule has 1 unspecified atom stereocenters. The molecule has 1 aliphatic rings. The van der Waals surface area contributed by atoms with Crippen LogP contribution in [-0.2, 0) is 22.0 Å². The van der Waals surface area contributed by atoms with Gasteiger partial charge in [-0.3, -0.25) is 4.72 Å². The van der Waals surface area contributed by atoms with Crippen LogP contribution >= 0.6 is 0 Å². The molecule has 1 atom stereocenters. The van der Waals surface area contributed by atoms with E-state index in [-0.39, 0.29) is 35.6 Å². The normalized spacial score (nSPS) is 15.1. The van der Waals surface area contributed by atoms with E-state index in [9.17, 15) is 31.5 Å². The number of carbonyl (C=O) groups is 1. The molecule has 0 aliphatic carbocycles. The summed E-state index contributed by atoms with van der Waals surface area (Å²) >= 11 is 0. The number of hydrogen-bond donors (Lipinski definition) is 3. The second-order valence-corrected chi connectivity index (χ2v) is 13.4. The van der Waals surface area contributed by atoms with Crippen molar-refractivity contribution in [1.29, 1.82) is 0 Å². The highest BCUT2D eigenvalue weighted by Crippen LogP contribution is 2.40. The molecule has 5 aromatic rings. The third-order valence-corrected chi connectivity index (χ3v) is 9.36. The minimum atomic E-state index is -4.78. The van der Waals surface area contributed by atoms with Gasteiger partial charge in [-0.2, -0.15) is 13.2 Å². The summed E-state index contributed by atoms with van der Waals surface area (Å²) in [4.78, 5) is 26.1. The van der Waals surface area contributed by atoms with E-state index < -0.39 is 50.7 Å². The highest BCUT2D eigenvalue weighted by Gasteiger charge is 2.34. The molecule has 6 rings (SSSR count). The Labute approximate surface area is 284 Å². The second-order valence-electron chi connectivity index (χ2n) is 11.7. The lowest BCUT2D eigenvalue weighted by Crippen LogP contribution is -2.44. The van der Waals surface area contributed by atoms with Gasteiger partial charge in [0.1, 0.15) is 11.6 Å². The summed E-state index contributed by atoms with van der Waals surface area (Å²) in [5, 5.41) is 13.0. The Morgan fingerprint density at radius 1 is 1.02 bits per heavy atom. The van der Waals surface area contributed by atoms with Gasteiger partial charge in [0, 0.05) is 42.3 Å². The van der Waals surface area contributed by atoms with Crippen molar-refractivity contribution in [3.8, 4) is 22.9 Å². The summed E-state index contributed by atoms with van der Waals surface area (Å²) in [5.74, 6) is -1.35. The number of likely N-dealkylation sites (tertiary alicyclic amines) is 1. The van der Waals surface area contributed by atoms with Crippen molar-refractivity contribution >= 4 is 38.5 Å². The highest BCUT2D eigenvalue weighted by molar-refractivity contribution is 7.91. The largest absolute Gasteiger partial charge is 0.465 e. The number of carboxylic acid groups (broad SMARTS) is 1. The fraction of sp³-hybridized carbons (Fsp3) is 0.235. The zero-order valence-electron chi connectivity index (χ0n) is 26.4. The number of amides is 1. The van der Waals surface area contributed by atoms with Gasteiger partial charge in [0.2, 0.25) is 21.9 Å². The molecule has 260 valence electrons. The number of halogens is 4. The lowest BCUT2D eigenvalue weighted by molar-refractivity contribution is -0.138. The van der Waals surface area contributed by atoms with Crippen molar-refractivity contribution in [2.45, 2.75) is 37.7 Å². The van der Waals surface area contributed by atoms with Crippen molar-refractivity contribution in [3.05, 3.63) is 102 Å². The first-order valence-corrected chi connectivity index (χ1v) is 17.0. The molecule has 1 fully saturated rings. The fourth-order valence-corrected chi connectivity index (χ4v) is 7.06. The molecule has 50 heavy (non-hydrogen) atoms. The molecule has 0 radical (unpaired) electrons. The molecule has 11 nitrogen and oxygen atoms in total. The van der Waals surface area contributed by atoms with Crippen molar-refractivity contribution in [2.24, 2.45) is 0 Å². The molecule has 1 amide bonds. The first-order chi connectivity index (χ1) is 23.8. The van der Waals surface area contributed by atoms with Crippen LogP contribution in [0.1, 0.15) is 29.5 Å². The van der Waals surface area contributed by atoms with Gasteiger partial charge in [-0.25, -0.2) is 32.6 Å². The molecular weight excluding hydrogens is 680 g/mol. The van der Waals surface area contributed by atoms with Crippen molar-refractivity contribution in [2.75, 3.05) is 23.1 Å². The Kier molecular flexibility index (Phi) is 9.47. The van der Waals surface area contributed by atoms with Crippen LogP contribution in [0.25, 0.3) is 22.0 Å². The van der Waals surface area contributed by atoms with Gasteiger partial charge in [0.15, 0.2) is 0 Å². The van der Waals surface area contributed by atoms with E-state index in [4.69, 9.17) is 4.74 Å². The Morgan fingerprint density at radius 2 is 1.80 bits per heavy atom. The zero-order chi connectivity index (χ0) is 35.6. The summed E-state index contributed by atoms with van der Waals surface area (Å²) in [5.41, 5.74) is -0.538. The van der Waals surface area contributed by atoms with Crippen LogP contribution in [0.15, 0.2) is 79.1 Å². The van der Waals surface area contributed by atoms with E-state index in [2.05, 4.69) is 25.0 Å². The maximum absolute atomic E-state index is 15.3. The van der Waals surface area contributed by atoms with Gasteiger partial charge in [0.05, 0.1) is 28.3 Å². The third kappa shape index (κ3) is 7.54. The van der Waals surface area contributed by atoms with E-state index in [1.54, 1.807) is 31.2 Å². The highest BCUT2D eigenvalue weighted by atomic mass is 32.2. The maximum Gasteiger partial charge on any atom is 0.416 e. The molecule has 3 aromatic carbocycles. The van der Waals surface area contributed by atoms with Gasteiger partial charge in [-0.15, -0.1) is 0 Å². The molecule has 2 aromatic heterocycles. The monoisotopic (exact) mass is 710 g/mol.